The number of anilines is 2. The lowest BCUT2D eigenvalue weighted by Gasteiger charge is -2.21. The summed E-state index contributed by atoms with van der Waals surface area (Å²) < 4.78 is 0. The number of rotatable bonds is 8. The Morgan fingerprint density at radius 3 is 1.57 bits per heavy atom. The van der Waals surface area contributed by atoms with Crippen LogP contribution in [0, 0.1) is 0 Å². The van der Waals surface area contributed by atoms with Gasteiger partial charge in [-0.25, -0.2) is 0 Å². The highest BCUT2D eigenvalue weighted by Gasteiger charge is 2.32. The summed E-state index contributed by atoms with van der Waals surface area (Å²) in [6.07, 6.45) is 7.73. The van der Waals surface area contributed by atoms with Crippen molar-refractivity contribution in [3.05, 3.63) is 236 Å². The summed E-state index contributed by atoms with van der Waals surface area (Å²) in [6.45, 7) is 0. The number of phenolic OH excluding ortho intramolecular Hbond substituents is 2. The van der Waals surface area contributed by atoms with E-state index in [4.69, 9.17) is 33.2 Å². The molecule has 2 aliphatic heterocycles. The normalized spacial score (nSPS) is 16.4. The van der Waals surface area contributed by atoms with E-state index < -0.39 is 12.1 Å². The number of benzene rings is 8. The van der Waals surface area contributed by atoms with E-state index in [0.29, 0.717) is 40.0 Å². The van der Waals surface area contributed by atoms with E-state index in [2.05, 4.69) is 78.1 Å². The van der Waals surface area contributed by atoms with Crippen molar-refractivity contribution < 1.29 is 19.8 Å². The standard InChI is InChI=1S/C32H27ClN2O2.C31H25ClN2O2.CH4/c1-35-30-17-14-23(33)19-28(30)31(21-12-15-24(36)16-13-21)34-29(32(35)37)18-22-6-2-3-9-26(22)27-11-5-8-20-7-4-10-25(20)27;32-22-13-16-28-27(18-22)30(20-11-14-23(35)15-12-20)33-29(31(36)34-28)17-21-5-1-2-8-25(21)26-10-4-7-19-6-3-9-24(19)26;/h2-3,5-6,8-9,11-17,19,29,36H,4,7,10,18H2,1H3;1-2,4-5,7-8,10-16,18,29,35H,3,6,9,17H2,(H,34,36);1H4. The second kappa shape index (κ2) is 21.4. The van der Waals surface area contributed by atoms with Crippen LogP contribution < -0.4 is 10.2 Å². The maximum atomic E-state index is 13.8. The van der Waals surface area contributed by atoms with Crippen LogP contribution in [-0.4, -0.2) is 52.6 Å². The molecule has 2 aliphatic carbocycles. The average Bonchev–Trinajstić information content (AvgIpc) is 4.07. The van der Waals surface area contributed by atoms with Gasteiger partial charge in [0, 0.05) is 52.2 Å². The molecule has 0 spiro atoms. The van der Waals surface area contributed by atoms with Crippen molar-refractivity contribution in [1.29, 1.82) is 0 Å². The SMILES string of the molecule is C.CN1C(=O)C(Cc2ccccc2-c2cccc3c2CCC3)N=C(c2ccc(O)cc2)c2cc(Cl)ccc21.O=C1Nc2ccc(Cl)cc2C(c2ccc(O)cc2)=NC1Cc1ccccc1-c1cccc2c1CCC2. The van der Waals surface area contributed by atoms with Gasteiger partial charge >= 0.3 is 0 Å². The number of likely N-dealkylation sites (N-methyl/N-ethyl adjacent to an activating group) is 1. The van der Waals surface area contributed by atoms with Gasteiger partial charge in [-0.05, 0) is 179 Å². The molecule has 12 rings (SSSR count). The number of carbonyl (C=O) groups excluding carboxylic acids is 2. The number of aromatic hydroxyl groups is 2. The first-order chi connectivity index (χ1) is 35.6. The number of halogens is 2. The number of aliphatic imine (C=N–C) groups is 2. The molecule has 4 aliphatic rings. The largest absolute Gasteiger partial charge is 0.508 e. The highest BCUT2D eigenvalue weighted by atomic mass is 35.5. The van der Waals surface area contributed by atoms with Crippen molar-refractivity contribution in [3.63, 3.8) is 0 Å². The molecular formula is C64H56Cl2N4O4. The molecule has 0 saturated heterocycles. The van der Waals surface area contributed by atoms with E-state index in [1.807, 2.05) is 60.7 Å². The maximum absolute atomic E-state index is 13.8. The molecule has 370 valence electrons. The predicted octanol–water partition coefficient (Wildman–Crippen LogP) is 13.9. The molecule has 8 aromatic carbocycles. The van der Waals surface area contributed by atoms with Gasteiger partial charge in [0.2, 0.25) is 5.91 Å². The van der Waals surface area contributed by atoms with Gasteiger partial charge < -0.3 is 20.4 Å². The minimum atomic E-state index is -0.627. The number of hydrogen-bond donors (Lipinski definition) is 3. The summed E-state index contributed by atoms with van der Waals surface area (Å²) in [5.74, 6) is 0.138. The topological polar surface area (TPSA) is 115 Å². The third kappa shape index (κ3) is 10.00. The maximum Gasteiger partial charge on any atom is 0.251 e. The number of carbonyl (C=O) groups is 2. The van der Waals surface area contributed by atoms with E-state index in [1.54, 1.807) is 48.3 Å². The van der Waals surface area contributed by atoms with Crippen LogP contribution in [0.1, 0.15) is 75.9 Å². The first-order valence-corrected chi connectivity index (χ1v) is 25.6. The zero-order chi connectivity index (χ0) is 50.2. The number of nitrogens with zero attached hydrogens (tertiary/aromatic N) is 3. The monoisotopic (exact) mass is 1010 g/mol. The van der Waals surface area contributed by atoms with Crippen molar-refractivity contribution in [3.8, 4) is 33.8 Å². The summed E-state index contributed by atoms with van der Waals surface area (Å²) in [7, 11) is 1.80. The number of hydrogen-bond acceptors (Lipinski definition) is 6. The van der Waals surface area contributed by atoms with Crippen LogP contribution in [-0.2, 0) is 48.1 Å². The fraction of sp³-hybridized carbons (Fsp3) is 0.188. The van der Waals surface area contributed by atoms with Crippen LogP contribution >= 0.6 is 23.2 Å². The molecule has 0 fully saturated rings. The van der Waals surface area contributed by atoms with Gasteiger partial charge in [0.05, 0.1) is 22.8 Å². The molecule has 8 aromatic rings. The Labute approximate surface area is 442 Å². The second-order valence-electron chi connectivity index (χ2n) is 19.1. The fourth-order valence-electron chi connectivity index (χ4n) is 11.0. The Morgan fingerprint density at radius 2 is 1.00 bits per heavy atom. The van der Waals surface area contributed by atoms with Crippen molar-refractivity contribution in [2.45, 2.75) is 70.9 Å². The van der Waals surface area contributed by atoms with Crippen molar-refractivity contribution >= 4 is 57.8 Å². The van der Waals surface area contributed by atoms with Crippen molar-refractivity contribution in [2.75, 3.05) is 17.3 Å². The molecule has 0 aromatic heterocycles. The van der Waals surface area contributed by atoms with Crippen LogP contribution in [0.25, 0.3) is 22.3 Å². The van der Waals surface area contributed by atoms with Gasteiger partial charge in [-0.2, -0.15) is 0 Å². The van der Waals surface area contributed by atoms with Gasteiger partial charge in [0.1, 0.15) is 23.6 Å². The van der Waals surface area contributed by atoms with E-state index >= 15 is 0 Å². The predicted molar refractivity (Wildman–Crippen MR) is 302 cm³/mol. The van der Waals surface area contributed by atoms with Gasteiger partial charge in [-0.15, -0.1) is 0 Å². The highest BCUT2D eigenvalue weighted by molar-refractivity contribution is 6.32. The third-order valence-corrected chi connectivity index (χ3v) is 15.0. The number of benzodiazepines with no additional fused rings is 2. The van der Waals surface area contributed by atoms with Crippen LogP contribution in [0.5, 0.6) is 11.5 Å². The molecule has 8 nitrogen and oxygen atoms in total. The second-order valence-corrected chi connectivity index (χ2v) is 20.0. The fourth-order valence-corrected chi connectivity index (χ4v) is 11.3. The minimum Gasteiger partial charge on any atom is -0.508 e. The molecule has 3 N–H and O–H groups in total. The van der Waals surface area contributed by atoms with E-state index in [0.717, 1.165) is 70.3 Å². The van der Waals surface area contributed by atoms with Crippen molar-refractivity contribution in [1.82, 2.24) is 0 Å². The molecule has 10 heteroatoms. The van der Waals surface area contributed by atoms with Crippen LogP contribution in [0.2, 0.25) is 10.0 Å². The minimum absolute atomic E-state index is 0. The lowest BCUT2D eigenvalue weighted by atomic mass is 9.90. The number of phenols is 2. The first-order valence-electron chi connectivity index (χ1n) is 24.9. The van der Waals surface area contributed by atoms with E-state index in [9.17, 15) is 19.8 Å². The molecule has 0 radical (unpaired) electrons. The number of fused-ring (bicyclic) bond motifs is 4. The number of aryl methyl sites for hydroxylation is 2. The lowest BCUT2D eigenvalue weighted by molar-refractivity contribution is -0.119. The zero-order valence-corrected chi connectivity index (χ0v) is 41.8. The summed E-state index contributed by atoms with van der Waals surface area (Å²) >= 11 is 12.7. The quantitative estimate of drug-likeness (QED) is 0.141. The molecule has 2 heterocycles. The summed E-state index contributed by atoms with van der Waals surface area (Å²) in [4.78, 5) is 39.0. The smallest absolute Gasteiger partial charge is 0.251 e. The zero-order valence-electron chi connectivity index (χ0n) is 40.3. The lowest BCUT2D eigenvalue weighted by Crippen LogP contribution is -2.36. The Kier molecular flexibility index (Phi) is 14.4. The molecular weight excluding hydrogens is 960 g/mol. The number of nitrogens with one attached hydrogen (secondary N) is 1. The summed E-state index contributed by atoms with van der Waals surface area (Å²) in [5.41, 5.74) is 18.7. The molecule has 2 amide bonds. The Morgan fingerprint density at radius 1 is 0.527 bits per heavy atom. The highest BCUT2D eigenvalue weighted by Crippen LogP contribution is 2.38. The van der Waals surface area contributed by atoms with Gasteiger partial charge in [0.25, 0.3) is 5.91 Å². The summed E-state index contributed by atoms with van der Waals surface area (Å²) in [5, 5.41) is 23.9. The van der Waals surface area contributed by atoms with Gasteiger partial charge in [0.15, 0.2) is 0 Å². The molecule has 0 saturated carbocycles. The third-order valence-electron chi connectivity index (χ3n) is 14.6. The van der Waals surface area contributed by atoms with Crippen LogP contribution in [0.15, 0.2) is 180 Å². The average molecular weight is 1020 g/mol. The molecule has 2 unspecified atom stereocenters. The van der Waals surface area contributed by atoms with E-state index in [1.165, 1.54) is 51.8 Å². The Hall–Kier alpha value is -7.78. The molecule has 0 bridgehead atoms. The van der Waals surface area contributed by atoms with Gasteiger partial charge in [-0.1, -0.05) is 116 Å². The first kappa shape index (κ1) is 49.8. The number of amides is 2. The van der Waals surface area contributed by atoms with Crippen LogP contribution in [0.4, 0.5) is 11.4 Å². The van der Waals surface area contributed by atoms with Crippen molar-refractivity contribution in [2.24, 2.45) is 9.98 Å². The van der Waals surface area contributed by atoms with Gasteiger partial charge in [-0.3, -0.25) is 19.6 Å². The summed E-state index contributed by atoms with van der Waals surface area (Å²) in [6, 6.07) is 53.3. The molecule has 2 atom stereocenters. The Balaban J connectivity index is 0.000000167. The van der Waals surface area contributed by atoms with Crippen LogP contribution in [0.3, 0.4) is 0 Å². The van der Waals surface area contributed by atoms with E-state index in [-0.39, 0.29) is 30.7 Å². The Bertz CT molecular complexity index is 3510. The molecule has 74 heavy (non-hydrogen) atoms.